The van der Waals surface area contributed by atoms with Crippen LogP contribution >= 0.6 is 0 Å². The molecule has 0 aliphatic heterocycles. The first-order chi connectivity index (χ1) is 74.2. The number of nitrogens with zero attached hydrogens (tertiary/aromatic N) is 7. The molecule has 4 heterocycles. The van der Waals surface area contributed by atoms with Gasteiger partial charge in [0.25, 0.3) is 0 Å². The Hall–Kier alpha value is -19.6. The van der Waals surface area contributed by atoms with Crippen molar-refractivity contribution in [2.75, 3.05) is 9.80 Å². The molecule has 4 aromatic heterocycles. The van der Waals surface area contributed by atoms with Crippen LogP contribution in [0.25, 0.3) is 238 Å². The Morgan fingerprint density at radius 1 is 0.193 bits per heavy atom. The van der Waals surface area contributed by atoms with Crippen molar-refractivity contribution in [2.24, 2.45) is 0 Å². The van der Waals surface area contributed by atoms with Gasteiger partial charge in [-0.15, -0.1) is 0 Å². The standard InChI is InChI=1S/C57H40N2.C48H32N2.C38H23N3/c1-57(2)52-23-13-12-21-48(52)49-33-32-43(35-53(49)57)59(41-15-4-3-5-16-41)42-30-26-38(27-31-42)37-24-28-40(29-25-37)58-36-51-47-20-9-8-18-45(47)46-19-10-11-22-50(46)55-44-17-7-6-14-39(44)34-54(58)56(51)55;1-3-14-37(15-4-1)50(38-16-5-2-6-17-38)39-29-25-34(26-30-39)33-23-27-36(28-24-33)49-32-45-43-21-10-9-19-41(43)42-20-11-12-22-44(42)47-40-18-8-7-13-35(40)31-46(49)48(45)47;1-2-12-24(13-3-1)37-38(40-33-21-11-10-20-32(33)39-37)41-23-31-29-18-7-6-16-27(29)28-17-8-9-19-30(28)35-26-15-5-4-14-25(26)22-34(41)36(31)35/h3-36H,1-2H3;1-32H;1-23H. The van der Waals surface area contributed by atoms with E-state index >= 15 is 0 Å². The molecule has 0 radical (unpaired) electrons. The number of aromatic nitrogens is 5. The number of fused-ring (bicyclic) bond motifs is 25. The molecule has 0 amide bonds. The third-order valence-electron chi connectivity index (χ3n) is 31.5. The average molecular weight is 1910 g/mol. The molecular weight excluding hydrogens is 1820 g/mol. The van der Waals surface area contributed by atoms with Gasteiger partial charge < -0.3 is 18.9 Å². The van der Waals surface area contributed by atoms with Crippen LogP contribution < -0.4 is 9.80 Å². The number of hydrogen-bond acceptors (Lipinski definition) is 4. The molecular formula is C143H95N7. The summed E-state index contributed by atoms with van der Waals surface area (Å²) in [4.78, 5) is 15.1. The summed E-state index contributed by atoms with van der Waals surface area (Å²) in [6.07, 6.45) is 6.99. The normalized spacial score (nSPS) is 12.3. The lowest BCUT2D eigenvalue weighted by atomic mass is 9.82. The maximum Gasteiger partial charge on any atom is 0.164 e. The number of para-hydroxylation sites is 5. The van der Waals surface area contributed by atoms with Gasteiger partial charge in [-0.1, -0.05) is 408 Å². The lowest BCUT2D eigenvalue weighted by molar-refractivity contribution is 0.660. The van der Waals surface area contributed by atoms with Crippen LogP contribution in [0.5, 0.6) is 0 Å². The Kier molecular flexibility index (Phi) is 20.6. The molecule has 23 aromatic carbocycles. The molecule has 702 valence electrons. The monoisotopic (exact) mass is 1910 g/mol. The van der Waals surface area contributed by atoms with Crippen molar-refractivity contribution in [3.63, 3.8) is 0 Å². The molecule has 0 saturated carbocycles. The minimum absolute atomic E-state index is 0.0731. The second-order valence-corrected chi connectivity index (χ2v) is 40.1. The van der Waals surface area contributed by atoms with E-state index in [1.165, 1.54) is 204 Å². The van der Waals surface area contributed by atoms with Gasteiger partial charge in [-0.3, -0.25) is 4.57 Å². The van der Waals surface area contributed by atoms with Crippen molar-refractivity contribution in [3.8, 4) is 162 Å². The molecule has 4 aliphatic rings. The largest absolute Gasteiger partial charge is 0.316 e. The average Bonchev–Trinajstić information content (AvgIpc) is 1.56. The van der Waals surface area contributed by atoms with E-state index in [9.17, 15) is 0 Å². The zero-order valence-electron chi connectivity index (χ0n) is 82.5. The molecule has 0 fully saturated rings. The van der Waals surface area contributed by atoms with Crippen LogP contribution in [0.15, 0.2) is 540 Å². The predicted molar refractivity (Wildman–Crippen MR) is 628 cm³/mol. The summed E-state index contributed by atoms with van der Waals surface area (Å²) in [5.74, 6) is 0.832. The Labute approximate surface area is 870 Å². The quantitative estimate of drug-likeness (QED) is 0.122. The molecule has 0 atom stereocenters. The molecule has 27 aromatic rings. The van der Waals surface area contributed by atoms with Crippen LogP contribution in [-0.4, -0.2) is 23.7 Å². The Balaban J connectivity index is 0.000000107. The van der Waals surface area contributed by atoms with Gasteiger partial charge in [-0.2, -0.15) is 0 Å². The van der Waals surface area contributed by atoms with E-state index in [2.05, 4.69) is 547 Å². The summed E-state index contributed by atoms with van der Waals surface area (Å²) in [6.45, 7) is 4.70. The number of hydrogen-bond donors (Lipinski definition) is 0. The lowest BCUT2D eigenvalue weighted by Gasteiger charge is -2.28. The number of benzene rings is 23. The minimum Gasteiger partial charge on any atom is -0.316 e. The van der Waals surface area contributed by atoms with Crippen LogP contribution in [0.2, 0.25) is 0 Å². The van der Waals surface area contributed by atoms with Crippen molar-refractivity contribution in [3.05, 3.63) is 551 Å². The highest BCUT2D eigenvalue weighted by molar-refractivity contribution is 6.25. The summed E-state index contributed by atoms with van der Waals surface area (Å²) in [7, 11) is 0. The highest BCUT2D eigenvalue weighted by atomic mass is 15.2. The van der Waals surface area contributed by atoms with Crippen LogP contribution in [-0.2, 0) is 5.41 Å². The van der Waals surface area contributed by atoms with Gasteiger partial charge >= 0.3 is 0 Å². The Morgan fingerprint density at radius 3 is 0.860 bits per heavy atom. The van der Waals surface area contributed by atoms with Crippen LogP contribution in [0.3, 0.4) is 0 Å². The summed E-state index contributed by atoms with van der Waals surface area (Å²) < 4.78 is 7.05. The summed E-state index contributed by atoms with van der Waals surface area (Å²) >= 11 is 0. The lowest BCUT2D eigenvalue weighted by Crippen LogP contribution is -2.16. The second kappa shape index (κ2) is 35.4. The smallest absolute Gasteiger partial charge is 0.164 e. The van der Waals surface area contributed by atoms with Crippen LogP contribution in [0, 0.1) is 0 Å². The first-order valence-corrected chi connectivity index (χ1v) is 51.7. The van der Waals surface area contributed by atoms with E-state index in [1.54, 1.807) is 0 Å². The molecule has 0 saturated heterocycles. The van der Waals surface area contributed by atoms with Gasteiger partial charge in [0.05, 0.1) is 27.6 Å². The fourth-order valence-corrected chi connectivity index (χ4v) is 24.5. The van der Waals surface area contributed by atoms with E-state index in [1.807, 2.05) is 30.3 Å². The molecule has 0 unspecified atom stereocenters. The Morgan fingerprint density at radius 2 is 0.467 bits per heavy atom. The molecule has 4 aliphatic carbocycles. The van der Waals surface area contributed by atoms with Gasteiger partial charge in [0, 0.05) is 125 Å². The van der Waals surface area contributed by atoms with Gasteiger partial charge in [0.15, 0.2) is 5.82 Å². The minimum atomic E-state index is -0.0731. The maximum atomic E-state index is 5.27. The fourth-order valence-electron chi connectivity index (χ4n) is 24.5. The SMILES string of the molecule is CC1(C)c2ccccc2-c2ccc(N(c3ccccc3)c3ccc(-c4ccc(-n5cc6c7c(c8ccccc8cc75)-c5ccccc5-c5ccccc5-6)cc4)cc3)cc21.c1ccc(-c2nc3ccccc3nc2-n2cc3c4c(c5ccccc5cc42)-c2ccccc2-c2ccccc2-3)cc1.c1ccc(N(c2ccccc2)c2ccc(-c3ccc(-n4cc5c6c(c7ccccc7cc64)-c4ccccc4-c4ccccc4-5)cc3)cc2)cc1. The highest BCUT2D eigenvalue weighted by Gasteiger charge is 2.38. The van der Waals surface area contributed by atoms with Crippen LogP contribution in [0.1, 0.15) is 25.0 Å². The molecule has 0 bridgehead atoms. The molecule has 0 N–H and O–H groups in total. The van der Waals surface area contributed by atoms with Crippen LogP contribution in [0.4, 0.5) is 34.1 Å². The van der Waals surface area contributed by atoms with Gasteiger partial charge in [0.1, 0.15) is 5.69 Å². The fraction of sp³-hybridized carbons (Fsp3) is 0.0210. The van der Waals surface area contributed by atoms with E-state index in [0.29, 0.717) is 0 Å². The zero-order valence-corrected chi connectivity index (χ0v) is 82.5. The maximum absolute atomic E-state index is 5.27. The number of anilines is 6. The van der Waals surface area contributed by atoms with E-state index in [4.69, 9.17) is 9.97 Å². The third-order valence-corrected chi connectivity index (χ3v) is 31.5. The molecule has 7 nitrogen and oxygen atoms in total. The van der Waals surface area contributed by atoms with Crippen molar-refractivity contribution in [2.45, 2.75) is 19.3 Å². The van der Waals surface area contributed by atoms with Crippen molar-refractivity contribution in [1.29, 1.82) is 0 Å². The molecule has 31 rings (SSSR count). The summed E-state index contributed by atoms with van der Waals surface area (Å²) in [6, 6.07) is 189. The Bertz CT molecular complexity index is 10000. The first-order valence-electron chi connectivity index (χ1n) is 51.7. The second-order valence-electron chi connectivity index (χ2n) is 40.1. The van der Waals surface area contributed by atoms with Crippen molar-refractivity contribution < 1.29 is 0 Å². The zero-order chi connectivity index (χ0) is 99.2. The third kappa shape index (κ3) is 14.3. The van der Waals surface area contributed by atoms with Gasteiger partial charge in [-0.25, -0.2) is 9.97 Å². The molecule has 0 spiro atoms. The van der Waals surface area contributed by atoms with Crippen molar-refractivity contribution in [1.82, 2.24) is 23.7 Å². The summed E-state index contributed by atoms with van der Waals surface area (Å²) in [5.41, 5.74) is 49.4. The molecule has 150 heavy (non-hydrogen) atoms. The highest BCUT2D eigenvalue weighted by Crippen LogP contribution is 2.58. The molecule has 7 heteroatoms. The van der Waals surface area contributed by atoms with E-state index in [-0.39, 0.29) is 5.41 Å². The predicted octanol–water partition coefficient (Wildman–Crippen LogP) is 38.5. The first kappa shape index (κ1) is 87.0. The number of rotatable bonds is 12. The van der Waals surface area contributed by atoms with E-state index < -0.39 is 0 Å². The topological polar surface area (TPSA) is 47.1 Å². The van der Waals surface area contributed by atoms with Gasteiger partial charge in [-0.05, 0) is 271 Å². The van der Waals surface area contributed by atoms with E-state index in [0.717, 1.165) is 79.1 Å². The van der Waals surface area contributed by atoms with Crippen molar-refractivity contribution >= 4 is 110 Å². The van der Waals surface area contributed by atoms with Gasteiger partial charge in [0.2, 0.25) is 0 Å². The summed E-state index contributed by atoms with van der Waals surface area (Å²) in [5, 5.41) is 11.4.